The number of hydrogen-bond donors (Lipinski definition) is 1. The molecule has 2 fully saturated rings. The van der Waals surface area contributed by atoms with Crippen LogP contribution in [0.25, 0.3) is 10.9 Å². The molecule has 7 heteroatoms. The van der Waals surface area contributed by atoms with Crippen LogP contribution in [0.1, 0.15) is 50.5 Å². The summed E-state index contributed by atoms with van der Waals surface area (Å²) >= 11 is 0. The molecule has 2 aliphatic rings. The van der Waals surface area contributed by atoms with Crippen LogP contribution in [0.2, 0.25) is 0 Å². The molecule has 1 unspecified atom stereocenters. The first-order valence-corrected chi connectivity index (χ1v) is 9.48. The monoisotopic (exact) mass is 366 g/mol. The van der Waals surface area contributed by atoms with Crippen molar-refractivity contribution in [2.24, 2.45) is 0 Å². The zero-order valence-corrected chi connectivity index (χ0v) is 15.1. The molecule has 0 radical (unpaired) electrons. The minimum Gasteiger partial charge on any atom is -0.375 e. The molecule has 1 N–H and O–H groups in total. The molecule has 4 rings (SSSR count). The van der Waals surface area contributed by atoms with Crippen molar-refractivity contribution >= 4 is 22.4 Å². The van der Waals surface area contributed by atoms with E-state index in [1.807, 2.05) is 0 Å². The molecular formula is C20H22N4O3. The lowest BCUT2D eigenvalue weighted by Gasteiger charge is -2.43. The first-order valence-electron chi connectivity index (χ1n) is 9.48. The van der Waals surface area contributed by atoms with Gasteiger partial charge in [0.05, 0.1) is 27.7 Å². The average molecular weight is 366 g/mol. The van der Waals surface area contributed by atoms with Gasteiger partial charge < -0.3 is 10.1 Å². The molecule has 2 heterocycles. The third-order valence-electron chi connectivity index (χ3n) is 5.73. The van der Waals surface area contributed by atoms with E-state index in [1.54, 1.807) is 12.1 Å². The van der Waals surface area contributed by atoms with E-state index in [2.05, 4.69) is 16.4 Å². The largest absolute Gasteiger partial charge is 0.375 e. The van der Waals surface area contributed by atoms with Crippen LogP contribution < -0.4 is 5.32 Å². The summed E-state index contributed by atoms with van der Waals surface area (Å²) in [6.45, 7) is 0.739. The number of aromatic nitrogens is 1. The molecule has 0 amide bonds. The van der Waals surface area contributed by atoms with E-state index in [-0.39, 0.29) is 17.3 Å². The number of pyridine rings is 1. The Labute approximate surface area is 157 Å². The molecule has 7 nitrogen and oxygen atoms in total. The van der Waals surface area contributed by atoms with Crippen molar-refractivity contribution in [1.82, 2.24) is 4.98 Å². The highest BCUT2D eigenvalue weighted by Gasteiger charge is 2.38. The van der Waals surface area contributed by atoms with E-state index < -0.39 is 4.92 Å². The van der Waals surface area contributed by atoms with Gasteiger partial charge in [-0.15, -0.1) is 0 Å². The van der Waals surface area contributed by atoms with Gasteiger partial charge in [-0.25, -0.2) is 4.98 Å². The topological polar surface area (TPSA) is 101 Å². The zero-order chi connectivity index (χ0) is 18.9. The number of fused-ring (bicyclic) bond motifs is 1. The van der Waals surface area contributed by atoms with Crippen molar-refractivity contribution in [3.8, 4) is 6.07 Å². The number of nitro groups is 1. The standard InChI is InChI=1S/C20H22N4O3/c21-13-14-10-19(23-18-5-4-16(24(25)26)11-17(14)18)22-15-6-9-27-20(12-15)7-2-1-3-8-20/h4-5,10-11,15H,1-3,6-9,12H2,(H,22,23). The SMILES string of the molecule is N#Cc1cc(NC2CCOC3(CCCCC3)C2)nc2ccc([N+](=O)[O-])cc12. The van der Waals surface area contributed by atoms with Gasteiger partial charge in [0.15, 0.2) is 0 Å². The molecule has 1 aliphatic heterocycles. The highest BCUT2D eigenvalue weighted by Crippen LogP contribution is 2.39. The molecule has 1 aliphatic carbocycles. The molecule has 1 saturated heterocycles. The zero-order valence-electron chi connectivity index (χ0n) is 15.1. The number of non-ortho nitro benzene ring substituents is 1. The van der Waals surface area contributed by atoms with Crippen LogP contribution >= 0.6 is 0 Å². The van der Waals surface area contributed by atoms with E-state index in [4.69, 9.17) is 4.74 Å². The van der Waals surface area contributed by atoms with Crippen LogP contribution in [0, 0.1) is 21.4 Å². The van der Waals surface area contributed by atoms with Crippen molar-refractivity contribution in [2.75, 3.05) is 11.9 Å². The molecule has 1 spiro atoms. The predicted octanol–water partition coefficient (Wildman–Crippen LogP) is 4.31. The second-order valence-corrected chi connectivity index (χ2v) is 7.55. The van der Waals surface area contributed by atoms with Crippen LogP contribution in [0.15, 0.2) is 24.3 Å². The molecule has 27 heavy (non-hydrogen) atoms. The molecular weight excluding hydrogens is 344 g/mol. The van der Waals surface area contributed by atoms with E-state index in [1.165, 1.54) is 31.4 Å². The minimum absolute atomic E-state index is 0.0102. The number of hydrogen-bond acceptors (Lipinski definition) is 6. The van der Waals surface area contributed by atoms with E-state index >= 15 is 0 Å². The Kier molecular flexibility index (Phi) is 4.66. The van der Waals surface area contributed by atoms with Gasteiger partial charge in [0.1, 0.15) is 5.82 Å². The summed E-state index contributed by atoms with van der Waals surface area (Å²) in [5.41, 5.74) is 0.932. The quantitative estimate of drug-likeness (QED) is 0.641. The Balaban J connectivity index is 1.59. The van der Waals surface area contributed by atoms with Gasteiger partial charge in [-0.1, -0.05) is 19.3 Å². The number of benzene rings is 1. The lowest BCUT2D eigenvalue weighted by Crippen LogP contribution is -2.45. The lowest BCUT2D eigenvalue weighted by atomic mass is 9.78. The third-order valence-corrected chi connectivity index (χ3v) is 5.73. The minimum atomic E-state index is -0.460. The van der Waals surface area contributed by atoms with E-state index in [9.17, 15) is 15.4 Å². The molecule has 1 saturated carbocycles. The van der Waals surface area contributed by atoms with Crippen LogP contribution in [0.4, 0.5) is 11.5 Å². The number of nitrogens with one attached hydrogen (secondary N) is 1. The lowest BCUT2D eigenvalue weighted by molar-refractivity contribution is -0.384. The van der Waals surface area contributed by atoms with Crippen LogP contribution in [-0.2, 0) is 4.74 Å². The first kappa shape index (κ1) is 17.7. The smallest absolute Gasteiger partial charge is 0.270 e. The molecule has 1 atom stereocenters. The van der Waals surface area contributed by atoms with E-state index in [0.29, 0.717) is 22.3 Å². The number of nitriles is 1. The molecule has 1 aromatic carbocycles. The normalized spacial score (nSPS) is 21.7. The number of anilines is 1. The maximum absolute atomic E-state index is 11.0. The van der Waals surface area contributed by atoms with Gasteiger partial charge in [0.25, 0.3) is 5.69 Å². The summed E-state index contributed by atoms with van der Waals surface area (Å²) in [4.78, 5) is 15.1. The molecule has 0 bridgehead atoms. The summed E-state index contributed by atoms with van der Waals surface area (Å²) in [6, 6.07) is 8.53. The maximum Gasteiger partial charge on any atom is 0.270 e. The van der Waals surface area contributed by atoms with Gasteiger partial charge in [-0.2, -0.15) is 5.26 Å². The Morgan fingerprint density at radius 3 is 2.85 bits per heavy atom. The fraction of sp³-hybridized carbons (Fsp3) is 0.500. The highest BCUT2D eigenvalue weighted by atomic mass is 16.6. The summed E-state index contributed by atoms with van der Waals surface area (Å²) in [7, 11) is 0. The summed E-state index contributed by atoms with van der Waals surface area (Å²) in [6.07, 6.45) is 7.81. The predicted molar refractivity (Wildman–Crippen MR) is 102 cm³/mol. The van der Waals surface area contributed by atoms with Crippen LogP contribution in [0.3, 0.4) is 0 Å². The number of rotatable bonds is 3. The molecule has 140 valence electrons. The van der Waals surface area contributed by atoms with Crippen molar-refractivity contribution in [1.29, 1.82) is 5.26 Å². The van der Waals surface area contributed by atoms with Crippen LogP contribution in [0.5, 0.6) is 0 Å². The number of nitrogens with zero attached hydrogens (tertiary/aromatic N) is 3. The third kappa shape index (κ3) is 3.58. The first-order chi connectivity index (χ1) is 13.1. The summed E-state index contributed by atoms with van der Waals surface area (Å²) in [5, 5.41) is 24.5. The highest BCUT2D eigenvalue weighted by molar-refractivity contribution is 5.88. The van der Waals surface area contributed by atoms with Gasteiger partial charge >= 0.3 is 0 Å². The Morgan fingerprint density at radius 1 is 1.30 bits per heavy atom. The Bertz CT molecular complexity index is 910. The van der Waals surface area contributed by atoms with Gasteiger partial charge in [-0.3, -0.25) is 10.1 Å². The fourth-order valence-corrected chi connectivity index (χ4v) is 4.40. The summed E-state index contributed by atoms with van der Waals surface area (Å²) in [5.74, 6) is 0.644. The summed E-state index contributed by atoms with van der Waals surface area (Å²) < 4.78 is 6.15. The van der Waals surface area contributed by atoms with Gasteiger partial charge in [0, 0.05) is 30.2 Å². The Morgan fingerprint density at radius 2 is 2.11 bits per heavy atom. The average Bonchev–Trinajstić information content (AvgIpc) is 2.67. The van der Waals surface area contributed by atoms with E-state index in [0.717, 1.165) is 32.3 Å². The molecule has 1 aromatic heterocycles. The second-order valence-electron chi connectivity index (χ2n) is 7.55. The Hall–Kier alpha value is -2.72. The van der Waals surface area contributed by atoms with Crippen molar-refractivity contribution in [3.63, 3.8) is 0 Å². The van der Waals surface area contributed by atoms with Gasteiger partial charge in [0.2, 0.25) is 0 Å². The molecule has 2 aromatic rings. The van der Waals surface area contributed by atoms with Crippen molar-refractivity contribution < 1.29 is 9.66 Å². The second kappa shape index (κ2) is 7.12. The number of nitro benzene ring substituents is 1. The fourth-order valence-electron chi connectivity index (χ4n) is 4.40. The van der Waals surface area contributed by atoms with Crippen LogP contribution in [-0.4, -0.2) is 28.2 Å². The van der Waals surface area contributed by atoms with Crippen molar-refractivity contribution in [3.05, 3.63) is 39.9 Å². The van der Waals surface area contributed by atoms with Gasteiger partial charge in [-0.05, 0) is 37.8 Å². The maximum atomic E-state index is 11.0. The van der Waals surface area contributed by atoms with Crippen molar-refractivity contribution in [2.45, 2.75) is 56.6 Å². The number of ether oxygens (including phenoxy) is 1.